The lowest BCUT2D eigenvalue weighted by Crippen LogP contribution is -2.39. The maximum absolute atomic E-state index is 6.16. The van der Waals surface area contributed by atoms with Crippen molar-refractivity contribution in [3.05, 3.63) is 207 Å². The third kappa shape index (κ3) is 5.62. The number of rotatable bonds is 4. The van der Waals surface area contributed by atoms with Gasteiger partial charge in [0.2, 0.25) is 0 Å². The number of aryl methyl sites for hydroxylation is 1. The van der Waals surface area contributed by atoms with Crippen LogP contribution in [0.25, 0.3) is 16.7 Å². The number of nitrogens with one attached hydrogen (secondary N) is 2. The van der Waals surface area contributed by atoms with Crippen LogP contribution in [0.2, 0.25) is 0 Å². The molecule has 0 spiro atoms. The van der Waals surface area contributed by atoms with Crippen LogP contribution < -0.4 is 22.2 Å². The summed E-state index contributed by atoms with van der Waals surface area (Å²) in [5, 5.41) is 1.95. The van der Waals surface area contributed by atoms with Crippen molar-refractivity contribution in [1.82, 2.24) is 9.97 Å². The van der Waals surface area contributed by atoms with Gasteiger partial charge in [-0.25, -0.2) is 4.99 Å². The Labute approximate surface area is 296 Å². The first-order valence-electron chi connectivity index (χ1n) is 17.3. The Morgan fingerprint density at radius 3 is 2.02 bits per heavy atom. The Morgan fingerprint density at radius 1 is 0.608 bits per heavy atom. The van der Waals surface area contributed by atoms with E-state index in [1.807, 2.05) is 18.2 Å². The van der Waals surface area contributed by atoms with Crippen LogP contribution in [0.4, 0.5) is 11.4 Å². The fourth-order valence-corrected chi connectivity index (χ4v) is 7.42. The molecule has 2 aromatic heterocycles. The highest BCUT2D eigenvalue weighted by atomic mass is 14.9. The van der Waals surface area contributed by atoms with Gasteiger partial charge in [-0.3, -0.25) is 4.99 Å². The van der Waals surface area contributed by atoms with Gasteiger partial charge in [-0.15, -0.1) is 0 Å². The van der Waals surface area contributed by atoms with Crippen molar-refractivity contribution in [3.63, 3.8) is 0 Å². The molecule has 5 heterocycles. The van der Waals surface area contributed by atoms with E-state index in [4.69, 9.17) is 15.7 Å². The van der Waals surface area contributed by atoms with Gasteiger partial charge < -0.3 is 21.4 Å². The van der Waals surface area contributed by atoms with E-state index in [0.717, 1.165) is 84.0 Å². The smallest absolute Gasteiger partial charge is 0.127 e. The van der Waals surface area contributed by atoms with E-state index in [0.29, 0.717) is 0 Å². The largest absolute Gasteiger partial charge is 0.399 e. The fraction of sp³-hybridized carbons (Fsp3) is 0.0667. The molecule has 8 bridgehead atoms. The summed E-state index contributed by atoms with van der Waals surface area (Å²) in [6.07, 6.45) is 8.67. The number of nitrogens with zero attached hydrogens (tertiary/aromatic N) is 2. The molecule has 6 nitrogen and oxygen atoms in total. The molecule has 7 N–H and O–H groups in total. The van der Waals surface area contributed by atoms with Gasteiger partial charge in [-0.1, -0.05) is 90.5 Å². The molecule has 0 fully saturated rings. The van der Waals surface area contributed by atoms with Crippen molar-refractivity contribution in [1.29, 1.82) is 0 Å². The Hall–Kier alpha value is -6.50. The zero-order chi connectivity index (χ0) is 34.5. The molecule has 0 radical (unpaired) electrons. The average molecular weight is 662 g/mol. The summed E-state index contributed by atoms with van der Waals surface area (Å²) in [6.45, 7) is 2.12. The van der Waals surface area contributed by atoms with E-state index in [-0.39, 0.29) is 12.0 Å². The quantitative estimate of drug-likeness (QED) is 0.159. The number of hydrogen-bond acceptors (Lipinski definition) is 3. The van der Waals surface area contributed by atoms with Gasteiger partial charge in [0.1, 0.15) is 5.69 Å². The molecule has 3 aliphatic rings. The first-order valence-corrected chi connectivity index (χ1v) is 17.3. The van der Waals surface area contributed by atoms with Crippen molar-refractivity contribution in [2.75, 3.05) is 5.73 Å². The number of anilines is 1. The Kier molecular flexibility index (Phi) is 7.45. The molecule has 2 unspecified atom stereocenters. The van der Waals surface area contributed by atoms with Crippen molar-refractivity contribution in [2.24, 2.45) is 9.98 Å². The summed E-state index contributed by atoms with van der Waals surface area (Å²) in [6, 6.07) is 44.3. The topological polar surface area (TPSA) is 110 Å². The predicted molar refractivity (Wildman–Crippen MR) is 208 cm³/mol. The third-order valence-electron chi connectivity index (χ3n) is 9.97. The zero-order valence-electron chi connectivity index (χ0n) is 28.3. The molecule has 6 aromatic rings. The lowest BCUT2D eigenvalue weighted by molar-refractivity contribution is -0.254. The summed E-state index contributed by atoms with van der Waals surface area (Å²) in [5.74, 6) is -0.0617. The molecule has 0 saturated heterocycles. The second-order valence-corrected chi connectivity index (χ2v) is 13.4. The summed E-state index contributed by atoms with van der Waals surface area (Å²) < 4.78 is 0. The number of aromatic amines is 2. The van der Waals surface area contributed by atoms with E-state index in [9.17, 15) is 0 Å². The minimum absolute atomic E-state index is 0.0617. The second kappa shape index (κ2) is 12.4. The third-order valence-corrected chi connectivity index (χ3v) is 9.97. The minimum Gasteiger partial charge on any atom is -0.399 e. The molecule has 9 rings (SSSR count). The molecule has 0 saturated carbocycles. The number of quaternary nitrogens is 1. The molecule has 0 amide bonds. The van der Waals surface area contributed by atoms with Crippen molar-refractivity contribution >= 4 is 39.5 Å². The summed E-state index contributed by atoms with van der Waals surface area (Å²) in [7, 11) is 0. The van der Waals surface area contributed by atoms with Gasteiger partial charge in [-0.05, 0) is 95.9 Å². The maximum Gasteiger partial charge on any atom is 0.127 e. The molecule has 2 atom stereocenters. The Morgan fingerprint density at radius 2 is 1.27 bits per heavy atom. The van der Waals surface area contributed by atoms with Crippen LogP contribution in [0.5, 0.6) is 0 Å². The molecule has 0 aliphatic carbocycles. The highest BCUT2D eigenvalue weighted by Crippen LogP contribution is 2.37. The number of aromatic nitrogens is 2. The van der Waals surface area contributed by atoms with Crippen molar-refractivity contribution in [2.45, 2.75) is 18.9 Å². The Balaban J connectivity index is 1.37. The number of H-pyrrole nitrogens is 2. The monoisotopic (exact) mass is 661 g/mol. The van der Waals surface area contributed by atoms with Gasteiger partial charge in [-0.2, -0.15) is 0 Å². The van der Waals surface area contributed by atoms with Crippen LogP contribution in [-0.2, 0) is 0 Å². The molecule has 3 aliphatic heterocycles. The van der Waals surface area contributed by atoms with E-state index >= 15 is 0 Å². The lowest BCUT2D eigenvalue weighted by atomic mass is 9.89. The molecule has 6 heteroatoms. The zero-order valence-corrected chi connectivity index (χ0v) is 28.3. The van der Waals surface area contributed by atoms with E-state index in [2.05, 4.69) is 156 Å². The Bertz CT molecular complexity index is 2570. The number of hydrogen-bond donors (Lipinski definition) is 4. The maximum atomic E-state index is 6.16. The highest BCUT2D eigenvalue weighted by Gasteiger charge is 2.30. The van der Waals surface area contributed by atoms with Crippen LogP contribution in [0.15, 0.2) is 167 Å². The molecular formula is C45H37N6+. The van der Waals surface area contributed by atoms with Gasteiger partial charge in [0.15, 0.2) is 0 Å². The molecule has 4 aromatic carbocycles. The second-order valence-electron chi connectivity index (χ2n) is 13.4. The molecular weight excluding hydrogens is 625 g/mol. The highest BCUT2D eigenvalue weighted by molar-refractivity contribution is 6.31. The molecule has 246 valence electrons. The first kappa shape index (κ1) is 30.6. The summed E-state index contributed by atoms with van der Waals surface area (Å²) in [4.78, 5) is 18.5. The number of aliphatic imine (C=N–C) groups is 2. The van der Waals surface area contributed by atoms with Gasteiger partial charge in [0, 0.05) is 44.5 Å². The standard InChI is InChI=1S/C45H36N6/c1-27-7-9-29(10-8-27)43-36-21-19-34(48-36)42(28-5-3-2-4-6-28)35-20-22-38(49-35)44(30-11-15-32(46)16-12-30)40-25-26-41(51-40)45(39-24-23-37(43)50-39)31-13-17-33(47)18-14-31/h2-26,41,45,49-50H,46-47H2,1H3/p+1. The summed E-state index contributed by atoms with van der Waals surface area (Å²) >= 11 is 0. The first-order chi connectivity index (χ1) is 25.0. The average Bonchev–Trinajstić information content (AvgIpc) is 3.99. The van der Waals surface area contributed by atoms with Crippen LogP contribution in [-0.4, -0.2) is 27.4 Å². The van der Waals surface area contributed by atoms with Crippen LogP contribution in [0, 0.1) is 6.92 Å². The number of allylic oxidation sites excluding steroid dienone is 3. The fourth-order valence-electron chi connectivity index (χ4n) is 7.42. The van der Waals surface area contributed by atoms with Crippen LogP contribution in [0.1, 0.15) is 45.1 Å². The van der Waals surface area contributed by atoms with Crippen molar-refractivity contribution in [3.8, 4) is 0 Å². The molecule has 51 heavy (non-hydrogen) atoms. The van der Waals surface area contributed by atoms with Crippen LogP contribution >= 0.6 is 0 Å². The van der Waals surface area contributed by atoms with Crippen LogP contribution in [0.3, 0.4) is 0 Å². The van der Waals surface area contributed by atoms with Crippen molar-refractivity contribution < 1.29 is 5.73 Å². The van der Waals surface area contributed by atoms with Gasteiger partial charge in [0.25, 0.3) is 0 Å². The van der Waals surface area contributed by atoms with E-state index in [1.54, 1.807) is 0 Å². The predicted octanol–water partition coefficient (Wildman–Crippen LogP) is 6.50. The number of benzene rings is 4. The minimum atomic E-state index is -0.147. The van der Waals surface area contributed by atoms with Gasteiger partial charge >= 0.3 is 0 Å². The van der Waals surface area contributed by atoms with Gasteiger partial charge in [0.05, 0.1) is 29.1 Å². The van der Waals surface area contributed by atoms with E-state index < -0.39 is 0 Å². The van der Waals surface area contributed by atoms with E-state index in [1.165, 1.54) is 11.1 Å². The number of nitrogens with two attached hydrogens (primary N) is 1. The summed E-state index contributed by atoms with van der Waals surface area (Å²) in [5.41, 5.74) is 25.5. The normalized spacial score (nSPS) is 18.0. The SMILES string of the molecule is Cc1ccc(C2=C3C=CC(=N3)C(c3ccccc3)=c3ccc([nH]3)=C(c3ccc(N)cc3)C3=NC(C=C3)C(c3ccc([NH3+])cc3)c3ccc2[nH]3)cc1. The number of nitrogen functional groups attached to an aromatic ring is 1. The lowest BCUT2D eigenvalue weighted by Gasteiger charge is -2.21. The number of fused-ring (bicyclic) bond motifs is 6.